The highest BCUT2D eigenvalue weighted by atomic mass is 16.5. The van der Waals surface area contributed by atoms with Crippen LogP contribution in [0.15, 0.2) is 0 Å². The van der Waals surface area contributed by atoms with E-state index in [0.29, 0.717) is 17.9 Å². The van der Waals surface area contributed by atoms with E-state index in [4.69, 9.17) is 4.74 Å². The topological polar surface area (TPSA) is 38.3 Å². The zero-order chi connectivity index (χ0) is 14.8. The van der Waals surface area contributed by atoms with Crippen LogP contribution in [-0.4, -0.2) is 24.7 Å². The maximum Gasteiger partial charge on any atom is 0.326 e. The summed E-state index contributed by atoms with van der Waals surface area (Å²) >= 11 is 0. The monoisotopic (exact) mass is 281 g/mol. The highest BCUT2D eigenvalue weighted by molar-refractivity contribution is 5.81. The standard InChI is InChI=1S/C17H31NO2/c1-5-20-15(19)17(18-12-13-6-7-13)10-8-14(9-11-17)16(2,3)4/h13-14,18H,5-12H2,1-4H3. The highest BCUT2D eigenvalue weighted by Gasteiger charge is 2.45. The third kappa shape index (κ3) is 3.75. The summed E-state index contributed by atoms with van der Waals surface area (Å²) in [6, 6.07) is 0. The Bertz CT molecular complexity index is 333. The molecule has 116 valence electrons. The third-order valence-corrected chi connectivity index (χ3v) is 5.16. The van der Waals surface area contributed by atoms with E-state index in [1.807, 2.05) is 6.92 Å². The molecule has 20 heavy (non-hydrogen) atoms. The number of hydrogen-bond acceptors (Lipinski definition) is 3. The molecule has 0 radical (unpaired) electrons. The molecule has 2 fully saturated rings. The van der Waals surface area contributed by atoms with Crippen LogP contribution in [0.5, 0.6) is 0 Å². The lowest BCUT2D eigenvalue weighted by Crippen LogP contribution is -2.56. The summed E-state index contributed by atoms with van der Waals surface area (Å²) < 4.78 is 5.36. The molecule has 0 heterocycles. The van der Waals surface area contributed by atoms with Crippen LogP contribution in [0.4, 0.5) is 0 Å². The lowest BCUT2D eigenvalue weighted by atomic mass is 9.67. The van der Waals surface area contributed by atoms with Crippen LogP contribution in [0.3, 0.4) is 0 Å². The van der Waals surface area contributed by atoms with E-state index in [1.54, 1.807) is 0 Å². The molecule has 0 amide bonds. The maximum atomic E-state index is 12.4. The Morgan fingerprint density at radius 3 is 2.25 bits per heavy atom. The quantitative estimate of drug-likeness (QED) is 0.784. The predicted octanol–water partition coefficient (Wildman–Crippen LogP) is 3.52. The summed E-state index contributed by atoms with van der Waals surface area (Å²) in [4.78, 5) is 12.4. The van der Waals surface area contributed by atoms with Gasteiger partial charge in [0.1, 0.15) is 5.54 Å². The lowest BCUT2D eigenvalue weighted by molar-refractivity contribution is -0.153. The fourth-order valence-corrected chi connectivity index (χ4v) is 3.36. The molecular formula is C17H31NO2. The minimum atomic E-state index is -0.402. The van der Waals surface area contributed by atoms with Crippen molar-refractivity contribution in [1.82, 2.24) is 5.32 Å². The van der Waals surface area contributed by atoms with Gasteiger partial charge in [0, 0.05) is 0 Å². The van der Waals surface area contributed by atoms with Gasteiger partial charge in [0.05, 0.1) is 6.61 Å². The first-order valence-corrected chi connectivity index (χ1v) is 8.29. The lowest BCUT2D eigenvalue weighted by Gasteiger charge is -2.43. The van der Waals surface area contributed by atoms with E-state index in [1.165, 1.54) is 12.8 Å². The Labute approximate surface area is 123 Å². The Kier molecular flexibility index (Phi) is 4.78. The minimum absolute atomic E-state index is 0.0204. The van der Waals surface area contributed by atoms with Gasteiger partial charge >= 0.3 is 5.97 Å². The molecule has 2 aliphatic rings. The average molecular weight is 281 g/mol. The van der Waals surface area contributed by atoms with Gasteiger partial charge in [-0.15, -0.1) is 0 Å². The van der Waals surface area contributed by atoms with Gasteiger partial charge in [0.25, 0.3) is 0 Å². The Morgan fingerprint density at radius 2 is 1.80 bits per heavy atom. The molecular weight excluding hydrogens is 250 g/mol. The molecule has 0 aromatic heterocycles. The van der Waals surface area contributed by atoms with Gasteiger partial charge in [-0.1, -0.05) is 20.8 Å². The number of carbonyl (C=O) groups excluding carboxylic acids is 1. The zero-order valence-corrected chi connectivity index (χ0v) is 13.6. The first-order chi connectivity index (χ1) is 9.37. The zero-order valence-electron chi connectivity index (χ0n) is 13.6. The van der Waals surface area contributed by atoms with Crippen LogP contribution in [0, 0.1) is 17.3 Å². The van der Waals surface area contributed by atoms with Crippen LogP contribution in [-0.2, 0) is 9.53 Å². The summed E-state index contributed by atoms with van der Waals surface area (Å²) in [5, 5.41) is 3.58. The fourth-order valence-electron chi connectivity index (χ4n) is 3.36. The van der Waals surface area contributed by atoms with Crippen molar-refractivity contribution in [3.63, 3.8) is 0 Å². The summed E-state index contributed by atoms with van der Waals surface area (Å²) in [6.07, 6.45) is 6.74. The minimum Gasteiger partial charge on any atom is -0.465 e. The summed E-state index contributed by atoms with van der Waals surface area (Å²) in [6.45, 7) is 10.3. The van der Waals surface area contributed by atoms with Gasteiger partial charge in [0.2, 0.25) is 0 Å². The Balaban J connectivity index is 1.98. The maximum absolute atomic E-state index is 12.4. The Morgan fingerprint density at radius 1 is 1.20 bits per heavy atom. The molecule has 0 atom stereocenters. The van der Waals surface area contributed by atoms with Crippen LogP contribution >= 0.6 is 0 Å². The largest absolute Gasteiger partial charge is 0.465 e. The molecule has 3 heteroatoms. The first-order valence-electron chi connectivity index (χ1n) is 8.29. The summed E-state index contributed by atoms with van der Waals surface area (Å²) in [5.41, 5.74) is -0.0579. The van der Waals surface area contributed by atoms with E-state index in [0.717, 1.165) is 38.1 Å². The number of esters is 1. The number of nitrogens with one attached hydrogen (secondary N) is 1. The molecule has 2 aliphatic carbocycles. The molecule has 0 aromatic carbocycles. The number of carbonyl (C=O) groups is 1. The van der Waals surface area contributed by atoms with Gasteiger partial charge in [-0.2, -0.15) is 0 Å². The van der Waals surface area contributed by atoms with Crippen molar-refractivity contribution in [2.75, 3.05) is 13.2 Å². The van der Waals surface area contributed by atoms with E-state index in [-0.39, 0.29) is 5.97 Å². The van der Waals surface area contributed by atoms with Gasteiger partial charge in [-0.05, 0) is 69.2 Å². The highest BCUT2D eigenvalue weighted by Crippen LogP contribution is 2.42. The van der Waals surface area contributed by atoms with Crippen LogP contribution in [0.1, 0.15) is 66.2 Å². The first kappa shape index (κ1) is 15.8. The summed E-state index contributed by atoms with van der Waals surface area (Å²) in [7, 11) is 0. The number of hydrogen-bond donors (Lipinski definition) is 1. The van der Waals surface area contributed by atoms with Gasteiger partial charge in [0.15, 0.2) is 0 Å². The molecule has 0 spiro atoms. The van der Waals surface area contributed by atoms with Crippen molar-refractivity contribution in [3.05, 3.63) is 0 Å². The van der Waals surface area contributed by atoms with E-state index < -0.39 is 5.54 Å². The second kappa shape index (κ2) is 6.05. The molecule has 2 rings (SSSR count). The van der Waals surface area contributed by atoms with Crippen molar-refractivity contribution in [2.24, 2.45) is 17.3 Å². The second-order valence-corrected chi connectivity index (χ2v) is 7.77. The van der Waals surface area contributed by atoms with Gasteiger partial charge < -0.3 is 10.1 Å². The van der Waals surface area contributed by atoms with Crippen molar-refractivity contribution >= 4 is 5.97 Å². The third-order valence-electron chi connectivity index (χ3n) is 5.16. The summed E-state index contributed by atoms with van der Waals surface area (Å²) in [5.74, 6) is 1.49. The molecule has 0 unspecified atom stereocenters. The van der Waals surface area contributed by atoms with Crippen molar-refractivity contribution in [1.29, 1.82) is 0 Å². The van der Waals surface area contributed by atoms with Crippen molar-refractivity contribution in [3.8, 4) is 0 Å². The van der Waals surface area contributed by atoms with Crippen LogP contribution < -0.4 is 5.32 Å². The molecule has 0 bridgehead atoms. The number of ether oxygens (including phenoxy) is 1. The smallest absolute Gasteiger partial charge is 0.326 e. The fraction of sp³-hybridized carbons (Fsp3) is 0.941. The van der Waals surface area contributed by atoms with E-state index in [9.17, 15) is 4.79 Å². The van der Waals surface area contributed by atoms with Crippen molar-refractivity contribution < 1.29 is 9.53 Å². The Hall–Kier alpha value is -0.570. The van der Waals surface area contributed by atoms with Crippen LogP contribution in [0.2, 0.25) is 0 Å². The van der Waals surface area contributed by atoms with Gasteiger partial charge in [-0.3, -0.25) is 4.79 Å². The van der Waals surface area contributed by atoms with Gasteiger partial charge in [-0.25, -0.2) is 0 Å². The molecule has 0 aliphatic heterocycles. The number of rotatable bonds is 5. The van der Waals surface area contributed by atoms with E-state index >= 15 is 0 Å². The molecule has 0 aromatic rings. The second-order valence-electron chi connectivity index (χ2n) is 7.77. The SMILES string of the molecule is CCOC(=O)C1(NCC2CC2)CCC(C(C)(C)C)CC1. The molecule has 0 saturated heterocycles. The molecule has 2 saturated carbocycles. The predicted molar refractivity (Wildman–Crippen MR) is 81.5 cm³/mol. The molecule has 3 nitrogen and oxygen atoms in total. The molecule has 1 N–H and O–H groups in total. The normalized spacial score (nSPS) is 31.1. The average Bonchev–Trinajstić information content (AvgIpc) is 3.20. The van der Waals surface area contributed by atoms with Crippen molar-refractivity contribution in [2.45, 2.75) is 71.8 Å². The van der Waals surface area contributed by atoms with Crippen LogP contribution in [0.25, 0.3) is 0 Å². The van der Waals surface area contributed by atoms with E-state index in [2.05, 4.69) is 26.1 Å².